The first-order valence-electron chi connectivity index (χ1n) is 10.0. The van der Waals surface area contributed by atoms with E-state index in [4.69, 9.17) is 17.3 Å². The number of aromatic nitrogens is 4. The van der Waals surface area contributed by atoms with E-state index >= 15 is 0 Å². The molecule has 1 aromatic carbocycles. The number of H-pyrrole nitrogens is 1. The number of nitrogens with zero attached hydrogens (tertiary/aromatic N) is 3. The number of nitrogens with one attached hydrogen (secondary N) is 2. The number of aromatic amines is 1. The van der Waals surface area contributed by atoms with E-state index in [1.54, 1.807) is 23.7 Å². The van der Waals surface area contributed by atoms with Gasteiger partial charge in [-0.15, -0.1) is 11.3 Å². The minimum absolute atomic E-state index is 0.298. The number of thiazole rings is 1. The molecule has 4 rings (SSSR count). The van der Waals surface area contributed by atoms with Crippen molar-refractivity contribution in [2.24, 2.45) is 5.73 Å². The van der Waals surface area contributed by atoms with Crippen molar-refractivity contribution >= 4 is 46.0 Å². The zero-order chi connectivity index (χ0) is 23.5. The molecule has 0 aliphatic carbocycles. The van der Waals surface area contributed by atoms with Gasteiger partial charge in [0, 0.05) is 39.5 Å². The topological polar surface area (TPSA) is 119 Å². The Morgan fingerprint density at radius 1 is 1.30 bits per heavy atom. The summed E-state index contributed by atoms with van der Waals surface area (Å²) in [5.41, 5.74) is 10.5. The van der Waals surface area contributed by atoms with Crippen LogP contribution in [0.1, 0.15) is 33.0 Å². The van der Waals surface area contributed by atoms with Gasteiger partial charge in [-0.2, -0.15) is 5.10 Å². The molecule has 0 unspecified atom stereocenters. The lowest BCUT2D eigenvalue weighted by atomic mass is 10.1. The molecule has 0 saturated carbocycles. The van der Waals surface area contributed by atoms with Crippen molar-refractivity contribution in [3.63, 3.8) is 0 Å². The van der Waals surface area contributed by atoms with Crippen molar-refractivity contribution in [1.82, 2.24) is 19.7 Å². The quantitative estimate of drug-likeness (QED) is 0.339. The van der Waals surface area contributed by atoms with Crippen LogP contribution >= 0.6 is 22.9 Å². The monoisotopic (exact) mass is 480 g/mol. The Balaban J connectivity index is 1.44. The summed E-state index contributed by atoms with van der Waals surface area (Å²) in [4.78, 5) is 30.9. The molecule has 0 radical (unpaired) electrons. The number of hydrogen-bond donors (Lipinski definition) is 3. The van der Waals surface area contributed by atoms with Gasteiger partial charge in [0.2, 0.25) is 5.91 Å². The van der Waals surface area contributed by atoms with E-state index < -0.39 is 5.91 Å². The predicted molar refractivity (Wildman–Crippen MR) is 130 cm³/mol. The third-order valence-electron chi connectivity index (χ3n) is 5.10. The second-order valence-corrected chi connectivity index (χ2v) is 8.63. The first-order valence-corrected chi connectivity index (χ1v) is 11.3. The van der Waals surface area contributed by atoms with Crippen molar-refractivity contribution in [2.75, 3.05) is 5.32 Å². The lowest BCUT2D eigenvalue weighted by molar-refractivity contribution is -0.111. The van der Waals surface area contributed by atoms with Crippen molar-refractivity contribution < 1.29 is 9.59 Å². The molecule has 168 valence electrons. The average molecular weight is 481 g/mol. The number of carbonyl (C=O) groups excluding carboxylic acids is 2. The van der Waals surface area contributed by atoms with Gasteiger partial charge in [-0.05, 0) is 37.6 Å². The van der Waals surface area contributed by atoms with Gasteiger partial charge in [0.1, 0.15) is 5.69 Å². The standard InChI is InChI=1S/C23H21ClN6O2S/c1-13-17(14(2)30(29-13)11-15-5-3-4-6-18(15)24)7-8-21(31)28-23-27-20(12-33-23)16-9-19(22(25)32)26-10-16/h3-10,12,26H,11H2,1-2H3,(H2,25,32)(H,27,28,31)/b8-7+. The van der Waals surface area contributed by atoms with Crippen LogP contribution in [0.2, 0.25) is 5.02 Å². The number of anilines is 1. The third kappa shape index (κ3) is 5.05. The number of benzene rings is 1. The summed E-state index contributed by atoms with van der Waals surface area (Å²) in [5.74, 6) is -0.851. The molecule has 10 heteroatoms. The summed E-state index contributed by atoms with van der Waals surface area (Å²) in [7, 11) is 0. The molecule has 0 bridgehead atoms. The molecule has 2 amide bonds. The highest BCUT2D eigenvalue weighted by atomic mass is 35.5. The zero-order valence-corrected chi connectivity index (χ0v) is 19.5. The number of nitrogens with two attached hydrogens (primary N) is 1. The van der Waals surface area contributed by atoms with Crippen LogP contribution in [0, 0.1) is 13.8 Å². The van der Waals surface area contributed by atoms with E-state index in [1.165, 1.54) is 17.4 Å². The number of aryl methyl sites for hydroxylation is 1. The van der Waals surface area contributed by atoms with Gasteiger partial charge in [0.25, 0.3) is 5.91 Å². The second kappa shape index (κ2) is 9.43. The Labute approximate surface area is 199 Å². The van der Waals surface area contributed by atoms with Gasteiger partial charge in [-0.1, -0.05) is 29.8 Å². The van der Waals surface area contributed by atoms with Gasteiger partial charge < -0.3 is 10.7 Å². The summed E-state index contributed by atoms with van der Waals surface area (Å²) >= 11 is 7.56. The van der Waals surface area contributed by atoms with Crippen LogP contribution in [0.25, 0.3) is 17.3 Å². The molecular weight excluding hydrogens is 460 g/mol. The molecule has 4 aromatic rings. The van der Waals surface area contributed by atoms with E-state index in [0.717, 1.165) is 22.5 Å². The molecule has 4 N–H and O–H groups in total. The Morgan fingerprint density at radius 2 is 2.09 bits per heavy atom. The molecule has 0 saturated heterocycles. The number of halogens is 1. The second-order valence-electron chi connectivity index (χ2n) is 7.36. The molecular formula is C23H21ClN6O2S. The van der Waals surface area contributed by atoms with Crippen molar-refractivity contribution in [3.8, 4) is 11.3 Å². The Bertz CT molecular complexity index is 1370. The Hall–Kier alpha value is -3.69. The molecule has 0 aliphatic rings. The van der Waals surface area contributed by atoms with E-state index in [9.17, 15) is 9.59 Å². The smallest absolute Gasteiger partial charge is 0.265 e. The van der Waals surface area contributed by atoms with Gasteiger partial charge in [0.15, 0.2) is 5.13 Å². The lowest BCUT2D eigenvalue weighted by Gasteiger charge is -2.06. The Morgan fingerprint density at radius 3 is 2.82 bits per heavy atom. The predicted octanol–water partition coefficient (Wildman–Crippen LogP) is 4.40. The maximum absolute atomic E-state index is 12.4. The fourth-order valence-electron chi connectivity index (χ4n) is 3.35. The number of primary amides is 1. The molecule has 0 spiro atoms. The van der Waals surface area contributed by atoms with Crippen LogP contribution in [0.3, 0.4) is 0 Å². The average Bonchev–Trinajstić information content (AvgIpc) is 3.49. The molecule has 3 aromatic heterocycles. The fourth-order valence-corrected chi connectivity index (χ4v) is 4.27. The summed E-state index contributed by atoms with van der Waals surface area (Å²) in [5, 5.41) is 10.3. The molecule has 8 nitrogen and oxygen atoms in total. The van der Waals surface area contributed by atoms with Gasteiger partial charge in [0.05, 0.1) is 17.9 Å². The number of hydrogen-bond acceptors (Lipinski definition) is 5. The van der Waals surface area contributed by atoms with E-state index in [-0.39, 0.29) is 5.91 Å². The Kier molecular flexibility index (Phi) is 6.43. The largest absolute Gasteiger partial charge is 0.364 e. The minimum Gasteiger partial charge on any atom is -0.364 e. The molecule has 0 aliphatic heterocycles. The summed E-state index contributed by atoms with van der Waals surface area (Å²) in [6.07, 6.45) is 4.85. The van der Waals surface area contributed by atoms with Crippen molar-refractivity contribution in [3.05, 3.63) is 81.2 Å². The van der Waals surface area contributed by atoms with Crippen LogP contribution < -0.4 is 11.1 Å². The highest BCUT2D eigenvalue weighted by Crippen LogP contribution is 2.26. The highest BCUT2D eigenvalue weighted by molar-refractivity contribution is 7.14. The van der Waals surface area contributed by atoms with Crippen LogP contribution in [0.5, 0.6) is 0 Å². The maximum Gasteiger partial charge on any atom is 0.265 e. The van der Waals surface area contributed by atoms with Crippen molar-refractivity contribution in [1.29, 1.82) is 0 Å². The fraction of sp³-hybridized carbons (Fsp3) is 0.130. The minimum atomic E-state index is -0.545. The maximum atomic E-state index is 12.4. The number of carbonyl (C=O) groups is 2. The lowest BCUT2D eigenvalue weighted by Crippen LogP contribution is -2.10. The van der Waals surface area contributed by atoms with Gasteiger partial charge in [-0.25, -0.2) is 4.98 Å². The first kappa shape index (κ1) is 22.5. The number of amides is 2. The third-order valence-corrected chi connectivity index (χ3v) is 6.22. The highest BCUT2D eigenvalue weighted by Gasteiger charge is 2.13. The molecule has 0 atom stereocenters. The van der Waals surface area contributed by atoms with E-state index in [0.29, 0.717) is 33.7 Å². The van der Waals surface area contributed by atoms with Crippen molar-refractivity contribution in [2.45, 2.75) is 20.4 Å². The summed E-state index contributed by atoms with van der Waals surface area (Å²) in [6, 6.07) is 9.27. The first-order chi connectivity index (χ1) is 15.8. The molecule has 33 heavy (non-hydrogen) atoms. The summed E-state index contributed by atoms with van der Waals surface area (Å²) in [6.45, 7) is 4.40. The van der Waals surface area contributed by atoms with E-state index in [2.05, 4.69) is 20.4 Å². The van der Waals surface area contributed by atoms with Gasteiger partial charge >= 0.3 is 0 Å². The number of rotatable bonds is 7. The van der Waals surface area contributed by atoms with Crippen LogP contribution in [0.4, 0.5) is 5.13 Å². The van der Waals surface area contributed by atoms with Crippen LogP contribution in [0.15, 0.2) is 48.0 Å². The van der Waals surface area contributed by atoms with Gasteiger partial charge in [-0.3, -0.25) is 19.6 Å². The van der Waals surface area contributed by atoms with Crippen LogP contribution in [-0.4, -0.2) is 31.6 Å². The molecule has 0 fully saturated rings. The van der Waals surface area contributed by atoms with Crippen LogP contribution in [-0.2, 0) is 11.3 Å². The molecule has 3 heterocycles. The zero-order valence-electron chi connectivity index (χ0n) is 17.9. The summed E-state index contributed by atoms with van der Waals surface area (Å²) < 4.78 is 1.87. The SMILES string of the molecule is Cc1nn(Cc2ccccc2Cl)c(C)c1/C=C/C(=O)Nc1nc(-c2c[nH]c(C(N)=O)c2)cs1. The van der Waals surface area contributed by atoms with E-state index in [1.807, 2.05) is 42.8 Å². The normalized spacial score (nSPS) is 11.2.